The van der Waals surface area contributed by atoms with Crippen LogP contribution in [0.5, 0.6) is 0 Å². The summed E-state index contributed by atoms with van der Waals surface area (Å²) in [5.41, 5.74) is 3.73. The van der Waals surface area contributed by atoms with E-state index in [-0.39, 0.29) is 29.8 Å². The van der Waals surface area contributed by atoms with Gasteiger partial charge in [-0.25, -0.2) is 14.0 Å². The first-order chi connectivity index (χ1) is 25.4. The fraction of sp³-hybridized carbons (Fsp3) is 0.514. The lowest BCUT2D eigenvalue weighted by molar-refractivity contribution is -0.135. The number of phosphoric acid groups is 1. The van der Waals surface area contributed by atoms with Gasteiger partial charge in [0.1, 0.15) is 6.04 Å². The highest BCUT2D eigenvalue weighted by molar-refractivity contribution is 7.46. The molecule has 5 heterocycles. The van der Waals surface area contributed by atoms with Crippen LogP contribution in [-0.2, 0) is 27.0 Å². The number of nitrogens with one attached hydrogen (secondary N) is 2. The fourth-order valence-electron chi connectivity index (χ4n) is 8.18. The van der Waals surface area contributed by atoms with Crippen LogP contribution in [0.15, 0.2) is 53.5 Å². The van der Waals surface area contributed by atoms with Crippen molar-refractivity contribution in [3.05, 3.63) is 75.7 Å². The lowest BCUT2D eigenvalue weighted by Gasteiger charge is -2.43. The maximum atomic E-state index is 14.3. The molecule has 3 saturated heterocycles. The number of aromatic amines is 1. The van der Waals surface area contributed by atoms with Crippen molar-refractivity contribution in [3.8, 4) is 0 Å². The quantitative estimate of drug-likeness (QED) is 0.186. The van der Waals surface area contributed by atoms with E-state index in [1.807, 2.05) is 54.3 Å². The lowest BCUT2D eigenvalue weighted by atomic mass is 9.89. The van der Waals surface area contributed by atoms with Crippen LogP contribution in [0.4, 0.5) is 4.79 Å². The lowest BCUT2D eigenvalue weighted by Crippen LogP contribution is -2.59. The molecule has 7 rings (SSSR count). The number of urea groups is 1. The minimum Gasteiger partial charge on any atom is -0.338 e. The van der Waals surface area contributed by atoms with Gasteiger partial charge in [-0.2, -0.15) is 5.10 Å². The molecule has 4 aromatic rings. The molecule has 284 valence electrons. The van der Waals surface area contributed by atoms with E-state index in [4.69, 9.17) is 9.79 Å². The maximum absolute atomic E-state index is 14.3. The molecule has 16 heteroatoms. The number of aryl methyl sites for hydroxylation is 1. The molecule has 0 spiro atoms. The molecule has 0 bridgehead atoms. The van der Waals surface area contributed by atoms with Gasteiger partial charge < -0.3 is 34.8 Å². The van der Waals surface area contributed by atoms with Crippen LogP contribution in [-0.4, -0.2) is 128 Å². The Morgan fingerprint density at radius 1 is 0.962 bits per heavy atom. The minimum atomic E-state index is -4.68. The number of piperidine rings is 2. The molecule has 2 aromatic carbocycles. The van der Waals surface area contributed by atoms with E-state index < -0.39 is 20.6 Å². The number of H-pyrrole nitrogens is 1. The van der Waals surface area contributed by atoms with Crippen LogP contribution in [0.2, 0.25) is 0 Å². The molecule has 3 fully saturated rings. The highest BCUT2D eigenvalue weighted by Gasteiger charge is 2.34. The Hall–Kier alpha value is -4.11. The zero-order valence-electron chi connectivity index (χ0n) is 30.3. The minimum absolute atomic E-state index is 0.0217. The predicted octanol–water partition coefficient (Wildman–Crippen LogP) is 2.99. The summed E-state index contributed by atoms with van der Waals surface area (Å²) in [6.45, 7) is 7.31. The SMILES string of the molecule is Cc1cc(C[C@@H](NC(=O)N2CCC(c3cc4ccccc4[nH]c3=O)CC2)C(=O)N2CCN(C3CCN(C)CC3)CC2)cc2cn(COP(=O)(O)O)nc12. The van der Waals surface area contributed by atoms with E-state index in [9.17, 15) is 18.9 Å². The molecule has 15 nitrogen and oxygen atoms in total. The van der Waals surface area contributed by atoms with Crippen molar-refractivity contribution in [2.24, 2.45) is 0 Å². The predicted molar refractivity (Wildman–Crippen MR) is 200 cm³/mol. The number of piperazine rings is 1. The van der Waals surface area contributed by atoms with Gasteiger partial charge in [-0.3, -0.25) is 19.0 Å². The molecule has 0 radical (unpaired) electrons. The Labute approximate surface area is 308 Å². The summed E-state index contributed by atoms with van der Waals surface area (Å²) in [5.74, 6) is -0.101. The smallest absolute Gasteiger partial charge is 0.338 e. The molecular weight excluding hydrogens is 699 g/mol. The van der Waals surface area contributed by atoms with Crippen LogP contribution in [0, 0.1) is 6.92 Å². The van der Waals surface area contributed by atoms with Crippen molar-refractivity contribution in [3.63, 3.8) is 0 Å². The number of likely N-dealkylation sites (tertiary alicyclic amines) is 2. The number of para-hydroxylation sites is 1. The molecule has 0 saturated carbocycles. The van der Waals surface area contributed by atoms with Crippen LogP contribution >= 0.6 is 7.82 Å². The van der Waals surface area contributed by atoms with Gasteiger partial charge in [0.2, 0.25) is 5.91 Å². The van der Waals surface area contributed by atoms with Crippen LogP contribution < -0.4 is 10.9 Å². The molecular formula is C37H49N8O7P. The summed E-state index contributed by atoms with van der Waals surface area (Å²) < 4.78 is 17.2. The molecule has 3 aliphatic heterocycles. The van der Waals surface area contributed by atoms with Crippen molar-refractivity contribution < 1.29 is 28.5 Å². The van der Waals surface area contributed by atoms with Gasteiger partial charge in [0.05, 0.1) is 5.52 Å². The summed E-state index contributed by atoms with van der Waals surface area (Å²) in [7, 11) is -2.52. The molecule has 0 unspecified atom stereocenters. The molecule has 53 heavy (non-hydrogen) atoms. The van der Waals surface area contributed by atoms with Gasteiger partial charge in [-0.1, -0.05) is 24.3 Å². The van der Waals surface area contributed by atoms with E-state index in [1.165, 1.54) is 4.68 Å². The molecule has 0 aliphatic carbocycles. The number of amides is 3. The Morgan fingerprint density at radius 2 is 1.68 bits per heavy atom. The summed E-state index contributed by atoms with van der Waals surface area (Å²) in [6, 6.07) is 12.9. The summed E-state index contributed by atoms with van der Waals surface area (Å²) in [6.07, 6.45) is 5.42. The number of rotatable bonds is 9. The average molecular weight is 749 g/mol. The third kappa shape index (κ3) is 8.83. The van der Waals surface area contributed by atoms with Crippen molar-refractivity contribution in [1.29, 1.82) is 0 Å². The number of hydrogen-bond acceptors (Lipinski definition) is 8. The van der Waals surface area contributed by atoms with E-state index >= 15 is 0 Å². The number of carbonyl (C=O) groups excluding carboxylic acids is 2. The first-order valence-electron chi connectivity index (χ1n) is 18.5. The van der Waals surface area contributed by atoms with E-state index in [2.05, 4.69) is 36.8 Å². The molecule has 2 aromatic heterocycles. The number of aromatic nitrogens is 3. The Balaban J connectivity index is 1.05. The zero-order valence-corrected chi connectivity index (χ0v) is 31.2. The number of hydrogen-bond donors (Lipinski definition) is 4. The Bertz CT molecular complexity index is 2060. The monoisotopic (exact) mass is 748 g/mol. The summed E-state index contributed by atoms with van der Waals surface area (Å²) in [5, 5.41) is 9.22. The second kappa shape index (κ2) is 15.7. The number of nitrogens with zero attached hydrogens (tertiary/aromatic N) is 6. The summed E-state index contributed by atoms with van der Waals surface area (Å²) >= 11 is 0. The second-order valence-corrected chi connectivity index (χ2v) is 16.0. The maximum Gasteiger partial charge on any atom is 0.471 e. The molecule has 4 N–H and O–H groups in total. The highest BCUT2D eigenvalue weighted by atomic mass is 31.2. The third-order valence-electron chi connectivity index (χ3n) is 11.1. The molecule has 1 atom stereocenters. The largest absolute Gasteiger partial charge is 0.471 e. The van der Waals surface area contributed by atoms with E-state index in [0.29, 0.717) is 50.6 Å². The standard InChI is InChI=1S/C37H49N8O7P/c1-25-19-26(20-29-23-45(40-34(25)29)24-52-53(49,50)51)21-33(36(47)43-17-15-42(16-18-43)30-9-11-41(2)12-10-30)39-37(48)44-13-7-27(8-14-44)31-22-28-5-3-4-6-32(28)38-35(31)46/h3-6,19-20,22-23,27,30,33H,7-18,21,24H2,1-2H3,(H,38,46)(H,39,48)(H2,49,50,51)/t33-/m1/s1. The first kappa shape index (κ1) is 37.2. The van der Waals surface area contributed by atoms with Gasteiger partial charge in [-0.05, 0) is 93.4 Å². The van der Waals surface area contributed by atoms with Crippen molar-refractivity contribution >= 4 is 41.6 Å². The second-order valence-electron chi connectivity index (χ2n) is 14.8. The number of phosphoric ester groups is 1. The van der Waals surface area contributed by atoms with Crippen molar-refractivity contribution in [1.82, 2.24) is 39.7 Å². The van der Waals surface area contributed by atoms with Gasteiger partial charge in [0, 0.05) is 74.4 Å². The van der Waals surface area contributed by atoms with Crippen LogP contribution in [0.25, 0.3) is 21.8 Å². The fourth-order valence-corrected chi connectivity index (χ4v) is 8.45. The first-order valence-corrected chi connectivity index (χ1v) is 20.0. The number of carbonyl (C=O) groups is 2. The number of benzene rings is 2. The van der Waals surface area contributed by atoms with Crippen LogP contribution in [0.1, 0.15) is 48.3 Å². The number of pyridine rings is 1. The van der Waals surface area contributed by atoms with Gasteiger partial charge in [-0.15, -0.1) is 0 Å². The zero-order chi connectivity index (χ0) is 37.3. The average Bonchev–Trinajstić information content (AvgIpc) is 3.57. The highest BCUT2D eigenvalue weighted by Crippen LogP contribution is 2.36. The normalized spacial score (nSPS) is 19.2. The molecule has 3 aliphatic rings. The van der Waals surface area contributed by atoms with Crippen LogP contribution in [0.3, 0.4) is 0 Å². The van der Waals surface area contributed by atoms with Crippen molar-refractivity contribution in [2.75, 3.05) is 59.4 Å². The Kier molecular flexibility index (Phi) is 11.0. The van der Waals surface area contributed by atoms with Gasteiger partial charge in [0.15, 0.2) is 6.73 Å². The molecule has 3 amide bonds. The van der Waals surface area contributed by atoms with E-state index in [1.54, 1.807) is 11.1 Å². The van der Waals surface area contributed by atoms with E-state index in [0.717, 1.165) is 72.0 Å². The van der Waals surface area contributed by atoms with Gasteiger partial charge in [0.25, 0.3) is 5.56 Å². The Morgan fingerprint density at radius 3 is 2.40 bits per heavy atom. The number of fused-ring (bicyclic) bond motifs is 2. The third-order valence-corrected chi connectivity index (χ3v) is 11.6. The summed E-state index contributed by atoms with van der Waals surface area (Å²) in [4.78, 5) is 70.8. The van der Waals surface area contributed by atoms with Gasteiger partial charge >= 0.3 is 13.9 Å². The topological polar surface area (TPSA) is 177 Å². The van der Waals surface area contributed by atoms with Crippen molar-refractivity contribution in [2.45, 2.75) is 63.8 Å².